The molecule has 18 N–H and O–H groups in total. The number of nitrogens with two attached hydrogens (primary N) is 1. The summed E-state index contributed by atoms with van der Waals surface area (Å²) in [6.45, 7) is -3.19. The van der Waals surface area contributed by atoms with Gasteiger partial charge in [-0.15, -0.1) is 0 Å². The van der Waals surface area contributed by atoms with Crippen molar-refractivity contribution in [2.45, 2.75) is 188 Å². The monoisotopic (exact) mass is 1130 g/mol. The van der Waals surface area contributed by atoms with Crippen molar-refractivity contribution in [3.05, 3.63) is 0 Å². The van der Waals surface area contributed by atoms with Gasteiger partial charge >= 0.3 is 0 Å². The Morgan fingerprint density at radius 3 is 1.31 bits per heavy atom. The number of hydrogen-bond donors (Lipinski definition) is 17. The Kier molecular flexibility index (Phi) is 32.3. The molecule has 452 valence electrons. The summed E-state index contributed by atoms with van der Waals surface area (Å²) in [5, 5.41) is 131. The van der Waals surface area contributed by atoms with E-state index in [9.17, 15) is 90.0 Å². The van der Waals surface area contributed by atoms with Crippen LogP contribution in [0.1, 0.15) is 84.0 Å². The van der Waals surface area contributed by atoms with Crippen LogP contribution in [0.4, 0.5) is 0 Å². The third kappa shape index (κ3) is 22.8. The molecule has 0 spiro atoms. The van der Waals surface area contributed by atoms with Crippen molar-refractivity contribution in [1.82, 2.24) is 26.2 Å². The predicted octanol–water partition coefficient (Wildman–Crippen LogP) is -8.26. The van der Waals surface area contributed by atoms with Gasteiger partial charge in [0.2, 0.25) is 23.6 Å². The Morgan fingerprint density at radius 1 is 0.500 bits per heavy atom. The highest BCUT2D eigenvalue weighted by Gasteiger charge is 2.46. The quantitative estimate of drug-likeness (QED) is 0.0255. The number of aliphatic hydroxyl groups is 12. The van der Waals surface area contributed by atoms with Crippen molar-refractivity contribution in [3.63, 3.8) is 0 Å². The first kappa shape index (κ1) is 68.7. The third-order valence-corrected chi connectivity index (χ3v) is 13.4. The Bertz CT molecular complexity index is 1730. The molecule has 78 heavy (non-hydrogen) atoms. The van der Waals surface area contributed by atoms with E-state index in [0.717, 1.165) is 6.42 Å². The van der Waals surface area contributed by atoms with Gasteiger partial charge in [-0.05, 0) is 58.4 Å². The van der Waals surface area contributed by atoms with Crippen LogP contribution in [0.2, 0.25) is 0 Å². The number of nitrogens with one attached hydrogen (secondary N) is 4. The van der Waals surface area contributed by atoms with E-state index in [2.05, 4.69) is 21.3 Å². The largest absolute Gasteiger partial charge is 0.394 e. The molecule has 17 atom stereocenters. The summed E-state index contributed by atoms with van der Waals surface area (Å²) in [5.74, 6) is -2.69. The molecule has 0 aromatic heterocycles. The van der Waals surface area contributed by atoms with Crippen molar-refractivity contribution in [2.24, 2.45) is 5.73 Å². The smallest absolute Gasteiger partial charge is 0.237 e. The average Bonchev–Trinajstić information content (AvgIpc) is 3.42. The molecule has 4 amide bonds. The molecule has 0 aromatic carbocycles. The van der Waals surface area contributed by atoms with Gasteiger partial charge < -0.3 is 117 Å². The van der Waals surface area contributed by atoms with Crippen molar-refractivity contribution in [1.29, 1.82) is 0 Å². The fourth-order valence-corrected chi connectivity index (χ4v) is 8.76. The van der Waals surface area contributed by atoms with Crippen LogP contribution in [0.25, 0.3) is 0 Å². The van der Waals surface area contributed by atoms with E-state index in [0.29, 0.717) is 45.1 Å². The Morgan fingerprint density at radius 2 is 0.897 bits per heavy atom. The second-order valence-corrected chi connectivity index (χ2v) is 19.5. The maximum atomic E-state index is 14.1. The van der Waals surface area contributed by atoms with Crippen LogP contribution in [0.3, 0.4) is 0 Å². The summed E-state index contributed by atoms with van der Waals surface area (Å²) >= 11 is 0. The predicted molar refractivity (Wildman–Crippen MR) is 266 cm³/mol. The van der Waals surface area contributed by atoms with Gasteiger partial charge in [-0.1, -0.05) is 12.8 Å². The van der Waals surface area contributed by atoms with Crippen molar-refractivity contribution >= 4 is 35.2 Å². The van der Waals surface area contributed by atoms with Gasteiger partial charge in [0, 0.05) is 38.9 Å². The molecule has 0 saturated carbocycles. The van der Waals surface area contributed by atoms with Gasteiger partial charge in [0.1, 0.15) is 79.0 Å². The van der Waals surface area contributed by atoms with Crippen molar-refractivity contribution in [3.8, 4) is 0 Å². The van der Waals surface area contributed by atoms with Gasteiger partial charge in [-0.25, -0.2) is 0 Å². The summed E-state index contributed by atoms with van der Waals surface area (Å²) in [6, 6.07) is -1.84. The fraction of sp³-hybridized carbons (Fsp3) is 0.875. The molecule has 0 unspecified atom stereocenters. The highest BCUT2D eigenvalue weighted by atomic mass is 16.7. The summed E-state index contributed by atoms with van der Waals surface area (Å²) in [4.78, 5) is 79.8. The lowest BCUT2D eigenvalue weighted by Gasteiger charge is -2.39. The van der Waals surface area contributed by atoms with Crippen LogP contribution in [-0.2, 0) is 57.2 Å². The molecule has 0 aliphatic carbocycles. The van der Waals surface area contributed by atoms with E-state index in [1.807, 2.05) is 0 Å². The minimum atomic E-state index is -1.73. The highest BCUT2D eigenvalue weighted by Crippen LogP contribution is 2.24. The number of rotatable bonds is 38. The second kappa shape index (κ2) is 36.7. The molecule has 3 fully saturated rings. The van der Waals surface area contributed by atoms with Crippen LogP contribution >= 0.6 is 0 Å². The lowest BCUT2D eigenvalue weighted by molar-refractivity contribution is -0.300. The lowest BCUT2D eigenvalue weighted by Crippen LogP contribution is -2.59. The topological polar surface area (TPSA) is 478 Å². The number of hydrogen-bond acceptors (Lipinski definition) is 26. The minimum Gasteiger partial charge on any atom is -0.394 e. The number of carbonyl (C=O) groups excluding carboxylic acids is 6. The SMILES string of the molecule is CC(=O)[C@H](CCCCN)NC(=O)CCCCC(=O)CCCCC[C@@H](C(=O)NCCO[C@H]1O[C@H](CO)[C@@H](O)[C@H](O)[C@@H]1O)N(CC(=O)NCCO[C@H]1O[C@H](CO)[C@@H](O)[C@H](O)[C@@H]1O)CC(=O)NCCO[C@H]1O[C@H](CO)[C@@H](O)[C@H](O)[C@@H]1O. The Hall–Kier alpha value is -3.58. The number of ketones is 2. The van der Waals surface area contributed by atoms with Crippen LogP contribution in [-0.4, -0.2) is 284 Å². The van der Waals surface area contributed by atoms with Crippen molar-refractivity contribution < 1.29 is 118 Å². The second-order valence-electron chi connectivity index (χ2n) is 19.5. The van der Waals surface area contributed by atoms with Gasteiger partial charge in [-0.2, -0.15) is 0 Å². The Balaban J connectivity index is 1.70. The zero-order valence-corrected chi connectivity index (χ0v) is 44.1. The van der Waals surface area contributed by atoms with Gasteiger partial charge in [0.05, 0.1) is 64.8 Å². The molecule has 3 saturated heterocycles. The molecule has 3 aliphatic heterocycles. The van der Waals surface area contributed by atoms with Gasteiger partial charge in [0.15, 0.2) is 24.7 Å². The number of aliphatic hydroxyl groups excluding tert-OH is 12. The first-order valence-electron chi connectivity index (χ1n) is 26.5. The van der Waals surface area contributed by atoms with E-state index >= 15 is 0 Å². The van der Waals surface area contributed by atoms with Crippen LogP contribution in [0, 0.1) is 0 Å². The first-order valence-corrected chi connectivity index (χ1v) is 26.5. The van der Waals surface area contributed by atoms with Crippen molar-refractivity contribution in [2.75, 3.05) is 78.9 Å². The number of ether oxygens (including phenoxy) is 6. The molecule has 3 aliphatic rings. The summed E-state index contributed by atoms with van der Waals surface area (Å²) in [6.07, 6.45) is -19.2. The van der Waals surface area contributed by atoms with Crippen LogP contribution in [0.15, 0.2) is 0 Å². The van der Waals surface area contributed by atoms with E-state index in [1.54, 1.807) is 0 Å². The summed E-state index contributed by atoms with van der Waals surface area (Å²) in [5.41, 5.74) is 5.53. The summed E-state index contributed by atoms with van der Waals surface area (Å²) in [7, 11) is 0. The number of unbranched alkanes of at least 4 members (excludes halogenated alkanes) is 4. The van der Waals surface area contributed by atoms with Gasteiger partial charge in [-0.3, -0.25) is 33.7 Å². The standard InChI is InChI=1S/C48H86N6O24/c1-26(58)28(11-7-8-14-49)53-33(60)13-6-5-10-27(59)9-3-2-4-12-29(45(72)52-17-20-75-48-44(71)41(68)38(65)32(25-57)78-48)54(21-34(61)50-15-18-73-46-42(69)39(66)36(63)30(23-55)76-46)22-35(62)51-16-19-74-47-43(70)40(67)37(64)31(24-56)77-47/h28-32,36-44,46-48,55-57,63-71H,2-25,49H2,1H3,(H,50,61)(H,51,62)(H,52,72)(H,53,60)/t28-,29-,30+,31+,32+,36+,37+,38+,39-,40-,41-,42-,43-,44-,46-,47-,48-/m0/s1. The van der Waals surface area contributed by atoms with E-state index in [1.165, 1.54) is 11.8 Å². The highest BCUT2D eigenvalue weighted by molar-refractivity contribution is 5.87. The van der Waals surface area contributed by atoms with Crippen LogP contribution < -0.4 is 27.0 Å². The zero-order chi connectivity index (χ0) is 57.9. The van der Waals surface area contributed by atoms with E-state index in [-0.39, 0.29) is 89.0 Å². The van der Waals surface area contributed by atoms with E-state index in [4.69, 9.17) is 34.2 Å². The molecular weight excluding hydrogens is 1040 g/mol. The zero-order valence-electron chi connectivity index (χ0n) is 44.1. The lowest BCUT2D eigenvalue weighted by atomic mass is 9.99. The molecule has 3 heterocycles. The number of nitrogens with zero attached hydrogens (tertiary/aromatic N) is 1. The molecular formula is C48H86N6O24. The minimum absolute atomic E-state index is 0.0111. The fourth-order valence-electron chi connectivity index (χ4n) is 8.76. The number of Topliss-reactive ketones (excluding diaryl/α,β-unsaturated/α-hetero) is 2. The number of amides is 4. The molecule has 0 aromatic rings. The number of carbonyl (C=O) groups is 6. The molecule has 30 heteroatoms. The maximum absolute atomic E-state index is 14.1. The molecule has 0 radical (unpaired) electrons. The molecule has 0 bridgehead atoms. The third-order valence-electron chi connectivity index (χ3n) is 13.4. The maximum Gasteiger partial charge on any atom is 0.237 e. The van der Waals surface area contributed by atoms with Gasteiger partial charge in [0.25, 0.3) is 0 Å². The first-order chi connectivity index (χ1) is 37.2. The Labute approximate surface area is 451 Å². The van der Waals surface area contributed by atoms with Crippen LogP contribution in [0.5, 0.6) is 0 Å². The average molecular weight is 1130 g/mol. The normalized spacial score (nSPS) is 30.1. The summed E-state index contributed by atoms with van der Waals surface area (Å²) < 4.78 is 32.4. The molecule has 30 nitrogen and oxygen atoms in total. The molecule has 3 rings (SSSR count). The van der Waals surface area contributed by atoms with E-state index < -0.39 is 155 Å².